The Morgan fingerprint density at radius 2 is 1.78 bits per heavy atom. The van der Waals surface area contributed by atoms with Gasteiger partial charge in [-0.05, 0) is 55.1 Å². The fraction of sp³-hybridized carbons (Fsp3) is 0.500. The molecule has 0 aromatic heterocycles. The quantitative estimate of drug-likeness (QED) is 0.484. The number of rotatable bonds is 9. The van der Waals surface area contributed by atoms with E-state index in [4.69, 9.17) is 9.47 Å². The van der Waals surface area contributed by atoms with Gasteiger partial charge in [0, 0.05) is 38.8 Å². The van der Waals surface area contributed by atoms with Crippen LogP contribution in [-0.4, -0.2) is 55.6 Å². The summed E-state index contributed by atoms with van der Waals surface area (Å²) in [5.74, 6) is -0.0362. The minimum absolute atomic E-state index is 0.0242. The summed E-state index contributed by atoms with van der Waals surface area (Å²) in [7, 11) is 3.15. The molecule has 36 heavy (non-hydrogen) atoms. The summed E-state index contributed by atoms with van der Waals surface area (Å²) in [4.78, 5) is 27.3. The minimum atomic E-state index is -0.656. The number of ether oxygens (including phenoxy) is 2. The van der Waals surface area contributed by atoms with Gasteiger partial charge in [-0.1, -0.05) is 30.3 Å². The second-order valence-electron chi connectivity index (χ2n) is 10.0. The second-order valence-corrected chi connectivity index (χ2v) is 10.0. The van der Waals surface area contributed by atoms with Crippen LogP contribution in [0.1, 0.15) is 36.8 Å². The van der Waals surface area contributed by atoms with Crippen molar-refractivity contribution in [3.05, 3.63) is 65.2 Å². The lowest BCUT2D eigenvalue weighted by molar-refractivity contribution is -0.128. The number of amides is 2. The zero-order chi connectivity index (χ0) is 25.7. The van der Waals surface area contributed by atoms with Crippen LogP contribution in [0.2, 0.25) is 0 Å². The van der Waals surface area contributed by atoms with Crippen LogP contribution in [0.4, 0.5) is 13.6 Å². The molecule has 0 bridgehead atoms. The third-order valence-electron chi connectivity index (χ3n) is 7.27. The summed E-state index contributed by atoms with van der Waals surface area (Å²) >= 11 is 0. The lowest BCUT2D eigenvalue weighted by Gasteiger charge is -2.31. The molecule has 2 fully saturated rings. The molecule has 0 spiro atoms. The number of piperidine rings is 1. The van der Waals surface area contributed by atoms with Gasteiger partial charge >= 0.3 is 6.09 Å². The average molecular weight is 501 g/mol. The number of carbonyl (C=O) groups excluding carboxylic acids is 2. The van der Waals surface area contributed by atoms with Gasteiger partial charge in [0.25, 0.3) is 0 Å². The van der Waals surface area contributed by atoms with Gasteiger partial charge in [-0.15, -0.1) is 0 Å². The average Bonchev–Trinajstić information content (AvgIpc) is 3.65. The molecular formula is C28H34F2N2O4. The van der Waals surface area contributed by atoms with Crippen molar-refractivity contribution in [2.45, 2.75) is 38.7 Å². The summed E-state index contributed by atoms with van der Waals surface area (Å²) in [5, 5.41) is 0. The normalized spacial score (nSPS) is 19.6. The molecule has 1 aliphatic heterocycles. The maximum atomic E-state index is 14.4. The van der Waals surface area contributed by atoms with Crippen LogP contribution >= 0.6 is 0 Å². The molecule has 0 radical (unpaired) electrons. The van der Waals surface area contributed by atoms with E-state index in [1.54, 1.807) is 19.0 Å². The van der Waals surface area contributed by atoms with Gasteiger partial charge in [-0.25, -0.2) is 13.6 Å². The Labute approximate surface area is 211 Å². The van der Waals surface area contributed by atoms with Gasteiger partial charge in [-0.3, -0.25) is 4.79 Å². The highest BCUT2D eigenvalue weighted by Gasteiger charge is 2.43. The van der Waals surface area contributed by atoms with Crippen LogP contribution in [0.5, 0.6) is 5.75 Å². The van der Waals surface area contributed by atoms with Crippen molar-refractivity contribution < 1.29 is 27.8 Å². The van der Waals surface area contributed by atoms with E-state index in [2.05, 4.69) is 0 Å². The highest BCUT2D eigenvalue weighted by molar-refractivity contribution is 5.78. The van der Waals surface area contributed by atoms with Gasteiger partial charge in [-0.2, -0.15) is 0 Å². The van der Waals surface area contributed by atoms with Gasteiger partial charge in [0.15, 0.2) is 11.6 Å². The molecule has 1 saturated carbocycles. The molecule has 2 aromatic carbocycles. The molecule has 8 heteroatoms. The van der Waals surface area contributed by atoms with E-state index in [9.17, 15) is 18.4 Å². The first-order valence-electron chi connectivity index (χ1n) is 12.6. The molecule has 194 valence electrons. The molecule has 4 rings (SSSR count). The van der Waals surface area contributed by atoms with E-state index < -0.39 is 11.6 Å². The van der Waals surface area contributed by atoms with Crippen molar-refractivity contribution in [2.75, 3.05) is 33.8 Å². The zero-order valence-electron chi connectivity index (χ0n) is 20.9. The molecule has 6 nitrogen and oxygen atoms in total. The van der Waals surface area contributed by atoms with E-state index in [0.717, 1.165) is 43.4 Å². The maximum Gasteiger partial charge on any atom is 0.410 e. The Kier molecular flexibility index (Phi) is 8.44. The topological polar surface area (TPSA) is 59.1 Å². The van der Waals surface area contributed by atoms with E-state index in [0.29, 0.717) is 37.5 Å². The highest BCUT2D eigenvalue weighted by Crippen LogP contribution is 2.49. The van der Waals surface area contributed by atoms with E-state index in [1.165, 1.54) is 4.90 Å². The molecule has 2 atom stereocenters. The molecule has 1 saturated heterocycles. The second kappa shape index (κ2) is 11.7. The number of likely N-dealkylation sites (tertiary alicyclic amines) is 1. The summed E-state index contributed by atoms with van der Waals surface area (Å²) in [6.07, 6.45) is 3.35. The monoisotopic (exact) mass is 500 g/mol. The summed E-state index contributed by atoms with van der Waals surface area (Å²) in [6, 6.07) is 11.7. The lowest BCUT2D eigenvalue weighted by Crippen LogP contribution is -2.39. The third-order valence-corrected chi connectivity index (χ3v) is 7.27. The van der Waals surface area contributed by atoms with Crippen molar-refractivity contribution in [3.8, 4) is 5.75 Å². The van der Waals surface area contributed by atoms with Gasteiger partial charge < -0.3 is 19.3 Å². The van der Waals surface area contributed by atoms with E-state index in [1.807, 2.05) is 30.3 Å². The Bertz CT molecular complexity index is 1060. The molecule has 1 heterocycles. The molecule has 0 unspecified atom stereocenters. The van der Waals surface area contributed by atoms with Crippen molar-refractivity contribution in [1.29, 1.82) is 0 Å². The number of halogens is 2. The smallest absolute Gasteiger partial charge is 0.410 e. The number of hydrogen-bond acceptors (Lipinski definition) is 4. The van der Waals surface area contributed by atoms with Crippen molar-refractivity contribution in [3.63, 3.8) is 0 Å². The van der Waals surface area contributed by atoms with Gasteiger partial charge in [0.05, 0.1) is 13.0 Å². The van der Waals surface area contributed by atoms with Crippen molar-refractivity contribution >= 4 is 12.0 Å². The van der Waals surface area contributed by atoms with Crippen LogP contribution in [0.15, 0.2) is 42.5 Å². The fourth-order valence-electron chi connectivity index (χ4n) is 4.96. The highest BCUT2D eigenvalue weighted by atomic mass is 19.1. The molecule has 2 aromatic rings. The van der Waals surface area contributed by atoms with Gasteiger partial charge in [0.1, 0.15) is 12.4 Å². The van der Waals surface area contributed by atoms with Crippen LogP contribution in [0, 0.1) is 29.4 Å². The maximum absolute atomic E-state index is 14.4. The molecule has 0 N–H and O–H groups in total. The van der Waals surface area contributed by atoms with Crippen LogP contribution < -0.4 is 4.74 Å². The largest absolute Gasteiger partial charge is 0.490 e. The number of nitrogens with zero attached hydrogens (tertiary/aromatic N) is 2. The Morgan fingerprint density at radius 1 is 1.06 bits per heavy atom. The van der Waals surface area contributed by atoms with Crippen molar-refractivity contribution in [1.82, 2.24) is 9.80 Å². The predicted octanol–water partition coefficient (Wildman–Crippen LogP) is 5.05. The Morgan fingerprint density at radius 3 is 2.47 bits per heavy atom. The predicted molar refractivity (Wildman–Crippen MR) is 131 cm³/mol. The number of carbonyl (C=O) groups is 2. The number of benzene rings is 2. The fourth-order valence-corrected chi connectivity index (χ4v) is 4.96. The first-order valence-corrected chi connectivity index (χ1v) is 12.6. The standard InChI is InChI=1S/C28H34F2N2O4/c1-31(2)27(33)16-22-15-25(30)26(17-24(22)29)35-13-10-21-14-23(21)20-8-11-32(12-9-20)28(34)36-18-19-6-4-3-5-7-19/h3-7,15,17,20-21,23H,8-14,16,18H2,1-2H3/t21-,23-/m1/s1. The van der Waals surface area contributed by atoms with Crippen LogP contribution in [0.25, 0.3) is 0 Å². The number of likely N-dealkylation sites (N-methyl/N-ethyl adjacent to an activating group) is 1. The Balaban J connectivity index is 1.16. The third kappa shape index (κ3) is 6.74. The molecular weight excluding hydrogens is 466 g/mol. The zero-order valence-corrected chi connectivity index (χ0v) is 20.9. The summed E-state index contributed by atoms with van der Waals surface area (Å²) in [5.41, 5.74) is 0.998. The molecule has 1 aliphatic carbocycles. The SMILES string of the molecule is CN(C)C(=O)Cc1cc(F)c(OCC[C@@H]2C[C@@H]2C2CCN(C(=O)OCc3ccccc3)CC2)cc1F. The minimum Gasteiger partial charge on any atom is -0.490 e. The van der Waals surface area contributed by atoms with Gasteiger partial charge in [0.2, 0.25) is 5.91 Å². The molecule has 2 amide bonds. The van der Waals surface area contributed by atoms with Crippen molar-refractivity contribution in [2.24, 2.45) is 17.8 Å². The first-order chi connectivity index (χ1) is 17.3. The summed E-state index contributed by atoms with van der Waals surface area (Å²) in [6.45, 7) is 2.00. The molecule has 2 aliphatic rings. The van der Waals surface area contributed by atoms with E-state index >= 15 is 0 Å². The van der Waals surface area contributed by atoms with Crippen LogP contribution in [0.3, 0.4) is 0 Å². The van der Waals surface area contributed by atoms with Crippen LogP contribution in [-0.2, 0) is 22.6 Å². The summed E-state index contributed by atoms with van der Waals surface area (Å²) < 4.78 is 39.7. The lowest BCUT2D eigenvalue weighted by atomic mass is 9.91. The Hall–Kier alpha value is -3.16. The first kappa shape index (κ1) is 25.9. The number of hydrogen-bond donors (Lipinski definition) is 0. The van der Waals surface area contributed by atoms with E-state index in [-0.39, 0.29) is 36.3 Å².